The van der Waals surface area contributed by atoms with Crippen molar-refractivity contribution in [2.75, 3.05) is 0 Å². The third kappa shape index (κ3) is 24.9. The van der Waals surface area contributed by atoms with Gasteiger partial charge in [0.05, 0.1) is 67.5 Å². The van der Waals surface area contributed by atoms with Gasteiger partial charge in [-0.15, -0.1) is 17.4 Å². The molecule has 83 heavy (non-hydrogen) atoms. The van der Waals surface area contributed by atoms with Gasteiger partial charge in [-0.25, -0.2) is 44.9 Å². The fourth-order valence-corrected chi connectivity index (χ4v) is 7.58. The first kappa shape index (κ1) is 71.1. The zero-order valence-electron chi connectivity index (χ0n) is 42.3. The molecule has 36 heteroatoms. The molecular weight excluding hydrogens is 1350 g/mol. The van der Waals surface area contributed by atoms with Gasteiger partial charge in [0.1, 0.15) is 65.4 Å². The summed E-state index contributed by atoms with van der Waals surface area (Å²) in [6.45, 7) is 12.9. The maximum absolute atomic E-state index is 10.5. The Balaban J connectivity index is 0.000000258. The first-order valence-electron chi connectivity index (χ1n) is 22.0. The summed E-state index contributed by atoms with van der Waals surface area (Å²) in [5.41, 5.74) is 14.0. The number of nitrogens with zero attached hydrogens (tertiary/aromatic N) is 17. The van der Waals surface area contributed by atoms with Crippen LogP contribution in [0.5, 0.6) is 5.88 Å². The quantitative estimate of drug-likeness (QED) is 0.125. The molecule has 434 valence electrons. The SMILES string of the molecule is CC(=O)NCc1cnc(Cl)cn1.Cc1ncc2c(Cl)nc(Cl)cn12.Cc1ncc2c(OCc3ccccc3)nc(Cl)cn12.Cl.Clc1cncc(Cl)n1.NC(=O)c1ncc(Cl)nc1Cl.NCc1ncc(Cl)nc1Cl.[C-]#[N+]c1ncc(Cl)nc1Cl. The molecule has 9 aromatic heterocycles. The van der Waals surface area contributed by atoms with E-state index in [1.165, 1.54) is 50.3 Å². The number of imidazole rings is 2. The topological polar surface area (TPSA) is 301 Å². The monoisotopic (exact) mass is 1380 g/mol. The molecule has 10 aromatic rings. The van der Waals surface area contributed by atoms with Crippen LogP contribution >= 0.6 is 152 Å². The summed E-state index contributed by atoms with van der Waals surface area (Å²) in [6.07, 6.45) is 16.5. The first-order valence-corrected chi connectivity index (χ1v) is 26.6. The number of rotatable bonds is 7. The molecule has 0 spiro atoms. The number of nitrogens with one attached hydrogen (secondary N) is 1. The number of ether oxygens (including phenoxy) is 1. The third-order valence-corrected chi connectivity index (χ3v) is 11.5. The van der Waals surface area contributed by atoms with E-state index in [1.807, 2.05) is 48.6 Å². The fourth-order valence-electron chi connectivity index (χ4n) is 5.35. The van der Waals surface area contributed by atoms with Crippen LogP contribution in [0.15, 0.2) is 98.5 Å². The first-order chi connectivity index (χ1) is 39.0. The van der Waals surface area contributed by atoms with E-state index in [0.29, 0.717) is 61.3 Å². The van der Waals surface area contributed by atoms with Crippen molar-refractivity contribution >= 4 is 180 Å². The van der Waals surface area contributed by atoms with Crippen molar-refractivity contribution in [3.8, 4) is 5.88 Å². The lowest BCUT2D eigenvalue weighted by Crippen LogP contribution is -2.19. The Hall–Kier alpha value is -6.18. The average molecular weight is 1390 g/mol. The van der Waals surface area contributed by atoms with Crippen molar-refractivity contribution in [3.63, 3.8) is 0 Å². The highest BCUT2D eigenvalue weighted by Crippen LogP contribution is 2.24. The van der Waals surface area contributed by atoms with Gasteiger partial charge in [-0.2, -0.15) is 4.98 Å². The van der Waals surface area contributed by atoms with E-state index in [9.17, 15) is 9.59 Å². The molecule has 0 saturated carbocycles. The highest BCUT2D eigenvalue weighted by molar-refractivity contribution is 6.36. The van der Waals surface area contributed by atoms with Crippen LogP contribution in [0.4, 0.5) is 5.82 Å². The van der Waals surface area contributed by atoms with Crippen LogP contribution in [-0.2, 0) is 24.5 Å². The molecule has 0 aliphatic rings. The fraction of sp³-hybridized carbons (Fsp3) is 0.128. The molecule has 9 heterocycles. The van der Waals surface area contributed by atoms with Gasteiger partial charge >= 0.3 is 5.82 Å². The molecule has 0 atom stereocenters. The number of benzene rings is 1. The summed E-state index contributed by atoms with van der Waals surface area (Å²) in [4.78, 5) is 77.4. The molecular formula is C47H37Cl13N20O3. The second-order valence-electron chi connectivity index (χ2n) is 14.8. The number of aryl methyl sites for hydroxylation is 2. The summed E-state index contributed by atoms with van der Waals surface area (Å²) in [5.74, 6) is 1.45. The van der Waals surface area contributed by atoms with Gasteiger partial charge in [0.25, 0.3) is 5.91 Å². The molecule has 2 amide bonds. The number of amides is 2. The highest BCUT2D eigenvalue weighted by Gasteiger charge is 2.12. The normalized spacial score (nSPS) is 9.87. The third-order valence-electron chi connectivity index (χ3n) is 8.95. The van der Waals surface area contributed by atoms with Crippen LogP contribution < -0.4 is 21.5 Å². The Labute approximate surface area is 538 Å². The Morgan fingerprint density at radius 3 is 1.60 bits per heavy atom. The number of hydrogen-bond acceptors (Lipinski definition) is 18. The van der Waals surface area contributed by atoms with E-state index in [4.69, 9.17) is 162 Å². The van der Waals surface area contributed by atoms with E-state index < -0.39 is 5.91 Å². The lowest BCUT2D eigenvalue weighted by Gasteiger charge is -2.07. The van der Waals surface area contributed by atoms with Gasteiger partial charge in [0, 0.05) is 25.9 Å². The van der Waals surface area contributed by atoms with Crippen LogP contribution in [0.2, 0.25) is 61.8 Å². The number of carbonyl (C=O) groups excluding carboxylic acids is 2. The van der Waals surface area contributed by atoms with Gasteiger partial charge in [0.15, 0.2) is 37.7 Å². The van der Waals surface area contributed by atoms with E-state index >= 15 is 0 Å². The predicted molar refractivity (Wildman–Crippen MR) is 324 cm³/mol. The number of nitrogens with two attached hydrogens (primary N) is 2. The smallest absolute Gasteiger partial charge is 0.307 e. The molecule has 0 saturated heterocycles. The zero-order valence-corrected chi connectivity index (χ0v) is 52.2. The molecule has 0 aliphatic heterocycles. The molecule has 0 radical (unpaired) electrons. The van der Waals surface area contributed by atoms with Crippen LogP contribution in [-0.4, -0.2) is 90.4 Å². The Bertz CT molecular complexity index is 3750. The molecule has 23 nitrogen and oxygen atoms in total. The number of halogens is 13. The van der Waals surface area contributed by atoms with E-state index in [-0.39, 0.29) is 67.3 Å². The van der Waals surface area contributed by atoms with Crippen molar-refractivity contribution in [2.24, 2.45) is 11.5 Å². The predicted octanol–water partition coefficient (Wildman–Crippen LogP) is 13.0. The van der Waals surface area contributed by atoms with E-state index in [2.05, 4.69) is 79.9 Å². The zero-order chi connectivity index (χ0) is 60.5. The number of aromatic nitrogens is 16. The lowest BCUT2D eigenvalue weighted by molar-refractivity contribution is -0.119. The largest absolute Gasteiger partial charge is 0.471 e. The minimum atomic E-state index is -0.723. The molecule has 0 bridgehead atoms. The van der Waals surface area contributed by atoms with Gasteiger partial charge in [-0.1, -0.05) is 176 Å². The maximum Gasteiger partial charge on any atom is 0.307 e. The summed E-state index contributed by atoms with van der Waals surface area (Å²) in [5, 5.41) is 5.55. The Morgan fingerprint density at radius 1 is 0.578 bits per heavy atom. The second kappa shape index (κ2) is 36.5. The summed E-state index contributed by atoms with van der Waals surface area (Å²) < 4.78 is 9.42. The van der Waals surface area contributed by atoms with Gasteiger partial charge in [-0.05, 0) is 19.4 Å². The van der Waals surface area contributed by atoms with E-state index in [1.54, 1.807) is 29.2 Å². The van der Waals surface area contributed by atoms with E-state index in [0.717, 1.165) is 28.2 Å². The maximum atomic E-state index is 10.5. The Kier molecular flexibility index (Phi) is 31.3. The van der Waals surface area contributed by atoms with Crippen molar-refractivity contribution in [2.45, 2.75) is 40.5 Å². The molecule has 1 aromatic carbocycles. The molecule has 0 aliphatic carbocycles. The Morgan fingerprint density at radius 2 is 1.10 bits per heavy atom. The molecule has 5 N–H and O–H groups in total. The molecule has 0 fully saturated rings. The number of carbonyl (C=O) groups is 2. The molecule has 10 rings (SSSR count). The lowest BCUT2D eigenvalue weighted by atomic mass is 10.2. The highest BCUT2D eigenvalue weighted by atomic mass is 35.5. The van der Waals surface area contributed by atoms with Gasteiger partial charge < -0.3 is 26.4 Å². The summed E-state index contributed by atoms with van der Waals surface area (Å²) in [7, 11) is 0. The summed E-state index contributed by atoms with van der Waals surface area (Å²) >= 11 is 66.6. The molecule has 0 unspecified atom stereocenters. The van der Waals surface area contributed by atoms with Crippen molar-refractivity contribution in [3.05, 3.63) is 206 Å². The number of primary amides is 1. The van der Waals surface area contributed by atoms with Crippen LogP contribution in [0.1, 0.15) is 46.0 Å². The summed E-state index contributed by atoms with van der Waals surface area (Å²) in [6, 6.07) is 9.93. The van der Waals surface area contributed by atoms with Crippen LogP contribution in [0, 0.1) is 20.4 Å². The standard InChI is InChI=1S/C14H12ClN3O.C7H5Cl2N3.C7H8ClN3O.C5H3Cl2N3O.C5HCl2N3.C5H5Cl2N3.C4H2Cl2N2.ClH/c1-10-16-7-12-14(17-13(15)8-18(10)12)19-9-11-5-3-2-4-6-11;1-4-10-2-5-7(9)11-6(8)3-12(4)5;1-5(12)9-2-6-3-11-7(8)4-10-6;6-2-1-9-3(5(8)11)4(7)10-2;1-8-5-4(7)10-3(6)2-9-5;6-4-2-9-3(1-8)5(7)10-4;5-3-1-7-2-4(6)8-3;/h2-8H,9H2,1H3;2-3H,1H3;3-4H,2H2,1H3,(H,9,12);1H,(H2,8,11);2H;2H,1,8H2;1-2H;1H. The van der Waals surface area contributed by atoms with Crippen LogP contribution in [0.3, 0.4) is 0 Å². The van der Waals surface area contributed by atoms with Gasteiger partial charge in [-0.3, -0.25) is 33.3 Å². The minimum absolute atomic E-state index is 0. The minimum Gasteiger partial charge on any atom is -0.471 e. The number of hydrogen-bond donors (Lipinski definition) is 3. The van der Waals surface area contributed by atoms with Crippen molar-refractivity contribution in [1.82, 2.24) is 83.9 Å². The average Bonchev–Trinajstić information content (AvgIpc) is 4.25. The second-order valence-corrected chi connectivity index (χ2v) is 19.3. The number of fused-ring (bicyclic) bond motifs is 2. The van der Waals surface area contributed by atoms with Crippen LogP contribution in [0.25, 0.3) is 15.9 Å². The van der Waals surface area contributed by atoms with Crippen molar-refractivity contribution in [1.29, 1.82) is 0 Å². The van der Waals surface area contributed by atoms with Gasteiger partial charge in [0.2, 0.25) is 11.8 Å². The van der Waals surface area contributed by atoms with Crippen molar-refractivity contribution < 1.29 is 14.3 Å².